The average Bonchev–Trinajstić information content (AvgIpc) is 3.00. The Morgan fingerprint density at radius 1 is 1.42 bits per heavy atom. The van der Waals surface area contributed by atoms with Crippen LogP contribution in [0.3, 0.4) is 0 Å². The van der Waals surface area contributed by atoms with Gasteiger partial charge in [-0.05, 0) is 49.4 Å². The Morgan fingerprint density at radius 2 is 2.33 bits per heavy atom. The van der Waals surface area contributed by atoms with Crippen molar-refractivity contribution in [3.8, 4) is 0 Å². The van der Waals surface area contributed by atoms with E-state index >= 15 is 0 Å². The van der Waals surface area contributed by atoms with Crippen molar-refractivity contribution >= 4 is 0 Å². The number of piperidine rings is 1. The first kappa shape index (κ1) is 17.1. The van der Waals surface area contributed by atoms with E-state index in [9.17, 15) is 0 Å². The van der Waals surface area contributed by atoms with E-state index in [4.69, 9.17) is 4.74 Å². The molecule has 1 fully saturated rings. The van der Waals surface area contributed by atoms with Crippen molar-refractivity contribution in [3.63, 3.8) is 0 Å². The maximum atomic E-state index is 6.09. The van der Waals surface area contributed by atoms with E-state index in [0.717, 1.165) is 38.0 Å². The number of ether oxygens (including phenoxy) is 1. The highest BCUT2D eigenvalue weighted by Crippen LogP contribution is 2.17. The van der Waals surface area contributed by atoms with Gasteiger partial charge in [-0.1, -0.05) is 19.9 Å². The SMILES string of the molecule is CC(C)Cc1cc(CN2CCC[C@H](OCc3cccnc3)C2)[nH]n1. The van der Waals surface area contributed by atoms with E-state index in [-0.39, 0.29) is 0 Å². The molecule has 0 bridgehead atoms. The summed E-state index contributed by atoms with van der Waals surface area (Å²) in [6.45, 7) is 8.14. The van der Waals surface area contributed by atoms with Crippen molar-refractivity contribution in [1.29, 1.82) is 0 Å². The van der Waals surface area contributed by atoms with Crippen LogP contribution in [0.5, 0.6) is 0 Å². The van der Waals surface area contributed by atoms with E-state index in [2.05, 4.69) is 46.1 Å². The lowest BCUT2D eigenvalue weighted by atomic mass is 10.1. The Morgan fingerprint density at radius 3 is 3.12 bits per heavy atom. The van der Waals surface area contributed by atoms with Crippen LogP contribution in [0.25, 0.3) is 0 Å². The van der Waals surface area contributed by atoms with Gasteiger partial charge in [-0.25, -0.2) is 0 Å². The quantitative estimate of drug-likeness (QED) is 0.848. The lowest BCUT2D eigenvalue weighted by Gasteiger charge is -2.32. The molecule has 0 amide bonds. The highest BCUT2D eigenvalue weighted by atomic mass is 16.5. The zero-order valence-electron chi connectivity index (χ0n) is 14.7. The van der Waals surface area contributed by atoms with Crippen LogP contribution in [-0.2, 0) is 24.3 Å². The molecule has 1 atom stereocenters. The zero-order valence-corrected chi connectivity index (χ0v) is 14.7. The van der Waals surface area contributed by atoms with Gasteiger partial charge in [-0.2, -0.15) is 5.10 Å². The number of H-pyrrole nitrogens is 1. The topological polar surface area (TPSA) is 54.0 Å². The first-order valence-corrected chi connectivity index (χ1v) is 8.95. The van der Waals surface area contributed by atoms with Gasteiger partial charge in [-0.3, -0.25) is 15.0 Å². The van der Waals surface area contributed by atoms with Crippen LogP contribution in [0.1, 0.15) is 43.6 Å². The summed E-state index contributed by atoms with van der Waals surface area (Å²) in [5.74, 6) is 0.640. The number of nitrogens with zero attached hydrogens (tertiary/aromatic N) is 3. The van der Waals surface area contributed by atoms with Crippen LogP contribution < -0.4 is 0 Å². The lowest BCUT2D eigenvalue weighted by molar-refractivity contribution is -0.0124. The van der Waals surface area contributed by atoms with Gasteiger partial charge < -0.3 is 4.74 Å². The van der Waals surface area contributed by atoms with Gasteiger partial charge in [0.2, 0.25) is 0 Å². The van der Waals surface area contributed by atoms with Gasteiger partial charge in [0.15, 0.2) is 0 Å². The number of nitrogens with one attached hydrogen (secondary N) is 1. The van der Waals surface area contributed by atoms with Gasteiger partial charge >= 0.3 is 0 Å². The molecule has 2 aromatic rings. The molecule has 0 radical (unpaired) electrons. The molecule has 0 aromatic carbocycles. The van der Waals surface area contributed by atoms with Gasteiger partial charge in [0.05, 0.1) is 18.4 Å². The summed E-state index contributed by atoms with van der Waals surface area (Å²) >= 11 is 0. The van der Waals surface area contributed by atoms with E-state index in [0.29, 0.717) is 18.6 Å². The molecular formula is C19H28N4O. The summed E-state index contributed by atoms with van der Waals surface area (Å²) in [4.78, 5) is 6.60. The summed E-state index contributed by atoms with van der Waals surface area (Å²) in [5, 5.41) is 7.62. The summed E-state index contributed by atoms with van der Waals surface area (Å²) in [6, 6.07) is 6.23. The van der Waals surface area contributed by atoms with Crippen molar-refractivity contribution in [2.45, 2.75) is 52.4 Å². The molecule has 1 N–H and O–H groups in total. The van der Waals surface area contributed by atoms with Gasteiger partial charge in [0.25, 0.3) is 0 Å². The van der Waals surface area contributed by atoms with Crippen molar-refractivity contribution in [1.82, 2.24) is 20.1 Å². The zero-order chi connectivity index (χ0) is 16.8. The van der Waals surface area contributed by atoms with Crippen LogP contribution in [0.2, 0.25) is 0 Å². The Balaban J connectivity index is 1.47. The van der Waals surface area contributed by atoms with Crippen LogP contribution in [0, 0.1) is 5.92 Å². The number of hydrogen-bond acceptors (Lipinski definition) is 4. The highest BCUT2D eigenvalue weighted by Gasteiger charge is 2.21. The molecule has 1 aliphatic heterocycles. The van der Waals surface area contributed by atoms with Crippen molar-refractivity contribution in [3.05, 3.63) is 47.5 Å². The number of aromatic amines is 1. The molecule has 1 aliphatic rings. The normalized spacial score (nSPS) is 19.0. The molecule has 5 heteroatoms. The maximum absolute atomic E-state index is 6.09. The number of pyridine rings is 1. The minimum absolute atomic E-state index is 0.303. The van der Waals surface area contributed by atoms with Crippen molar-refractivity contribution < 1.29 is 4.74 Å². The average molecular weight is 328 g/mol. The smallest absolute Gasteiger partial charge is 0.0736 e. The molecule has 5 nitrogen and oxygen atoms in total. The summed E-state index contributed by atoms with van der Waals surface area (Å²) in [7, 11) is 0. The Kier molecular flexibility index (Phi) is 5.99. The number of likely N-dealkylation sites (tertiary alicyclic amines) is 1. The monoisotopic (exact) mass is 328 g/mol. The summed E-state index contributed by atoms with van der Waals surface area (Å²) < 4.78 is 6.09. The number of rotatable bonds is 7. The molecular weight excluding hydrogens is 300 g/mol. The molecule has 2 aromatic heterocycles. The molecule has 24 heavy (non-hydrogen) atoms. The molecule has 3 heterocycles. The van der Waals surface area contributed by atoms with Crippen LogP contribution >= 0.6 is 0 Å². The minimum atomic E-state index is 0.303. The third kappa shape index (κ3) is 5.14. The van der Waals surface area contributed by atoms with Crippen molar-refractivity contribution in [2.24, 2.45) is 5.92 Å². The predicted octanol–water partition coefficient (Wildman–Crippen LogP) is 3.18. The second-order valence-electron chi connectivity index (χ2n) is 7.15. The minimum Gasteiger partial charge on any atom is -0.372 e. The molecule has 1 saturated heterocycles. The predicted molar refractivity (Wildman–Crippen MR) is 94.5 cm³/mol. The third-order valence-electron chi connectivity index (χ3n) is 4.37. The fourth-order valence-electron chi connectivity index (χ4n) is 3.24. The highest BCUT2D eigenvalue weighted by molar-refractivity contribution is 5.09. The fourth-order valence-corrected chi connectivity index (χ4v) is 3.24. The van der Waals surface area contributed by atoms with Crippen LogP contribution in [0.15, 0.2) is 30.6 Å². The Bertz CT molecular complexity index is 611. The molecule has 0 saturated carbocycles. The maximum Gasteiger partial charge on any atom is 0.0736 e. The second-order valence-corrected chi connectivity index (χ2v) is 7.15. The summed E-state index contributed by atoms with van der Waals surface area (Å²) in [6.07, 6.45) is 7.33. The molecule has 130 valence electrons. The van der Waals surface area contributed by atoms with Gasteiger partial charge in [0.1, 0.15) is 0 Å². The molecule has 3 rings (SSSR count). The molecule has 0 aliphatic carbocycles. The van der Waals surface area contributed by atoms with Crippen LogP contribution in [0.4, 0.5) is 0 Å². The van der Waals surface area contributed by atoms with Crippen molar-refractivity contribution in [2.75, 3.05) is 13.1 Å². The lowest BCUT2D eigenvalue weighted by Crippen LogP contribution is -2.39. The molecule has 0 spiro atoms. The first-order chi connectivity index (χ1) is 11.7. The fraction of sp³-hybridized carbons (Fsp3) is 0.579. The summed E-state index contributed by atoms with van der Waals surface area (Å²) in [5.41, 5.74) is 3.52. The molecule has 0 unspecified atom stereocenters. The van der Waals surface area contributed by atoms with Gasteiger partial charge in [0, 0.05) is 31.2 Å². The van der Waals surface area contributed by atoms with Gasteiger partial charge in [-0.15, -0.1) is 0 Å². The van der Waals surface area contributed by atoms with E-state index < -0.39 is 0 Å². The standard InChI is InChI=1S/C19H28N4O/c1-15(2)9-17-10-18(22-21-17)12-23-8-4-6-19(13-23)24-14-16-5-3-7-20-11-16/h3,5,7,10-11,15,19H,4,6,8-9,12-14H2,1-2H3,(H,21,22)/t19-/m0/s1. The van der Waals surface area contributed by atoms with E-state index in [1.165, 1.54) is 17.8 Å². The first-order valence-electron chi connectivity index (χ1n) is 8.95. The van der Waals surface area contributed by atoms with E-state index in [1.54, 1.807) is 6.20 Å². The third-order valence-corrected chi connectivity index (χ3v) is 4.37. The Hall–Kier alpha value is -1.72. The number of aromatic nitrogens is 3. The Labute approximate surface area is 144 Å². The van der Waals surface area contributed by atoms with E-state index in [1.807, 2.05) is 12.3 Å². The second kappa shape index (κ2) is 8.40. The largest absolute Gasteiger partial charge is 0.372 e. The van der Waals surface area contributed by atoms with Crippen LogP contribution in [-0.4, -0.2) is 39.3 Å². The number of hydrogen-bond donors (Lipinski definition) is 1.